The lowest BCUT2D eigenvalue weighted by molar-refractivity contribution is 0.132. The number of halogens is 2. The summed E-state index contributed by atoms with van der Waals surface area (Å²) in [5.74, 6) is -1.47. The molecule has 1 aliphatic heterocycles. The van der Waals surface area contributed by atoms with Gasteiger partial charge in [-0.05, 0) is 35.9 Å². The molecule has 2 atom stereocenters. The van der Waals surface area contributed by atoms with E-state index in [-0.39, 0.29) is 5.56 Å². The van der Waals surface area contributed by atoms with Crippen LogP contribution in [0.1, 0.15) is 23.3 Å². The molecule has 7 heteroatoms. The van der Waals surface area contributed by atoms with E-state index in [1.807, 2.05) is 18.2 Å². The number of benzene rings is 1. The van der Waals surface area contributed by atoms with Crippen LogP contribution in [-0.4, -0.2) is 16.1 Å². The molecule has 1 N–H and O–H groups in total. The minimum atomic E-state index is -0.867. The van der Waals surface area contributed by atoms with Crippen molar-refractivity contribution in [3.8, 4) is 11.3 Å². The predicted molar refractivity (Wildman–Crippen MR) is 88.9 cm³/mol. The van der Waals surface area contributed by atoms with E-state index in [2.05, 4.69) is 15.3 Å². The first-order valence-corrected chi connectivity index (χ1v) is 7.89. The molecular weight excluding hydrogens is 340 g/mol. The molecule has 0 radical (unpaired) electrons. The van der Waals surface area contributed by atoms with Gasteiger partial charge in [0.1, 0.15) is 17.7 Å². The number of carbonyl (C=O) groups is 1. The summed E-state index contributed by atoms with van der Waals surface area (Å²) in [7, 11) is 0. The number of carbonyl (C=O) groups excluding carboxylic acids is 1. The van der Waals surface area contributed by atoms with Crippen molar-refractivity contribution in [3.63, 3.8) is 0 Å². The zero-order valence-electron chi connectivity index (χ0n) is 13.4. The Hall–Kier alpha value is -3.35. The quantitative estimate of drug-likeness (QED) is 0.775. The maximum atomic E-state index is 13.6. The van der Waals surface area contributed by atoms with Crippen LogP contribution in [0.5, 0.6) is 0 Å². The Bertz CT molecular complexity index is 946. The fourth-order valence-corrected chi connectivity index (χ4v) is 2.98. The van der Waals surface area contributed by atoms with Gasteiger partial charge in [-0.15, -0.1) is 0 Å². The molecule has 1 saturated heterocycles. The maximum Gasteiger partial charge on any atom is 0.408 e. The van der Waals surface area contributed by atoms with Crippen LogP contribution < -0.4 is 5.32 Å². The number of hydrogen-bond donors (Lipinski definition) is 1. The number of amides is 1. The Labute approximate surface area is 147 Å². The van der Waals surface area contributed by atoms with Crippen LogP contribution in [0.2, 0.25) is 0 Å². The monoisotopic (exact) mass is 353 g/mol. The van der Waals surface area contributed by atoms with E-state index in [4.69, 9.17) is 4.74 Å². The van der Waals surface area contributed by atoms with Crippen LogP contribution in [0.15, 0.2) is 61.1 Å². The zero-order valence-corrected chi connectivity index (χ0v) is 13.4. The van der Waals surface area contributed by atoms with Gasteiger partial charge in [-0.2, -0.15) is 0 Å². The molecule has 2 aromatic heterocycles. The molecule has 0 bridgehead atoms. The first kappa shape index (κ1) is 16.1. The number of cyclic esters (lactones) is 1. The summed E-state index contributed by atoms with van der Waals surface area (Å²) in [4.78, 5) is 20.3. The molecule has 0 spiro atoms. The largest absolute Gasteiger partial charge is 0.439 e. The fraction of sp³-hybridized carbons (Fsp3) is 0.105. The lowest BCUT2D eigenvalue weighted by Gasteiger charge is -2.18. The van der Waals surface area contributed by atoms with Crippen LogP contribution in [-0.2, 0) is 4.74 Å². The van der Waals surface area contributed by atoms with Gasteiger partial charge in [-0.25, -0.2) is 13.6 Å². The van der Waals surface area contributed by atoms with E-state index >= 15 is 0 Å². The molecule has 0 saturated carbocycles. The topological polar surface area (TPSA) is 64.1 Å². The molecule has 1 aliphatic rings. The number of nitrogens with one attached hydrogen (secondary N) is 1. The Kier molecular flexibility index (Phi) is 4.04. The smallest absolute Gasteiger partial charge is 0.408 e. The van der Waals surface area contributed by atoms with Crippen LogP contribution in [0.25, 0.3) is 11.3 Å². The number of rotatable bonds is 3. The molecule has 3 heterocycles. The van der Waals surface area contributed by atoms with Crippen molar-refractivity contribution in [2.45, 2.75) is 12.1 Å². The number of alkyl carbamates (subject to hydrolysis) is 1. The highest BCUT2D eigenvalue weighted by Crippen LogP contribution is 2.37. The van der Waals surface area contributed by atoms with Gasteiger partial charge in [0.15, 0.2) is 6.10 Å². The molecule has 0 unspecified atom stereocenters. The van der Waals surface area contributed by atoms with Crippen LogP contribution in [0.4, 0.5) is 13.6 Å². The molecule has 130 valence electrons. The molecule has 1 fully saturated rings. The number of hydrogen-bond acceptors (Lipinski definition) is 4. The Balaban J connectivity index is 1.72. The average molecular weight is 353 g/mol. The van der Waals surface area contributed by atoms with E-state index in [9.17, 15) is 13.6 Å². The van der Waals surface area contributed by atoms with E-state index in [1.165, 1.54) is 0 Å². The van der Waals surface area contributed by atoms with Crippen LogP contribution >= 0.6 is 0 Å². The van der Waals surface area contributed by atoms with Crippen molar-refractivity contribution in [2.75, 3.05) is 0 Å². The molecular formula is C19H13F2N3O2. The van der Waals surface area contributed by atoms with Gasteiger partial charge in [-0.1, -0.05) is 6.07 Å². The second-order valence-corrected chi connectivity index (χ2v) is 5.87. The van der Waals surface area contributed by atoms with Crippen LogP contribution in [0.3, 0.4) is 0 Å². The number of aromatic nitrogens is 2. The van der Waals surface area contributed by atoms with Crippen molar-refractivity contribution >= 4 is 6.09 Å². The first-order valence-electron chi connectivity index (χ1n) is 7.89. The second-order valence-electron chi connectivity index (χ2n) is 5.87. The molecule has 1 amide bonds. The van der Waals surface area contributed by atoms with Gasteiger partial charge in [0.05, 0.1) is 5.69 Å². The van der Waals surface area contributed by atoms with Gasteiger partial charge in [0.2, 0.25) is 0 Å². The van der Waals surface area contributed by atoms with Crippen molar-refractivity contribution in [1.82, 2.24) is 15.3 Å². The molecule has 5 nitrogen and oxygen atoms in total. The summed E-state index contributed by atoms with van der Waals surface area (Å²) < 4.78 is 32.4. The number of pyridine rings is 2. The highest BCUT2D eigenvalue weighted by molar-refractivity contribution is 5.71. The van der Waals surface area contributed by atoms with Crippen molar-refractivity contribution < 1.29 is 18.3 Å². The van der Waals surface area contributed by atoms with Crippen LogP contribution in [0, 0.1) is 11.6 Å². The van der Waals surface area contributed by atoms with E-state index in [0.29, 0.717) is 5.56 Å². The summed E-state index contributed by atoms with van der Waals surface area (Å²) in [6.07, 6.45) is 3.37. The average Bonchev–Trinajstić information content (AvgIpc) is 3.04. The summed E-state index contributed by atoms with van der Waals surface area (Å²) in [6, 6.07) is 9.76. The highest BCUT2D eigenvalue weighted by Gasteiger charge is 2.37. The summed E-state index contributed by atoms with van der Waals surface area (Å²) in [6.45, 7) is 0. The fourth-order valence-electron chi connectivity index (χ4n) is 2.98. The lowest BCUT2D eigenvalue weighted by atomic mass is 9.96. The zero-order chi connectivity index (χ0) is 18.1. The summed E-state index contributed by atoms with van der Waals surface area (Å²) in [5, 5.41) is 2.67. The second kappa shape index (κ2) is 6.51. The van der Waals surface area contributed by atoms with E-state index in [1.54, 1.807) is 24.7 Å². The third-order valence-electron chi connectivity index (χ3n) is 4.10. The van der Waals surface area contributed by atoms with E-state index in [0.717, 1.165) is 29.5 Å². The number of nitrogens with zero attached hydrogens (tertiary/aromatic N) is 2. The molecule has 3 aromatic rings. The Morgan fingerprint density at radius 3 is 2.54 bits per heavy atom. The van der Waals surface area contributed by atoms with Crippen molar-refractivity contribution in [2.24, 2.45) is 0 Å². The van der Waals surface area contributed by atoms with Gasteiger partial charge in [0, 0.05) is 35.8 Å². The van der Waals surface area contributed by atoms with Gasteiger partial charge < -0.3 is 10.1 Å². The minimum Gasteiger partial charge on any atom is -0.439 e. The highest BCUT2D eigenvalue weighted by atomic mass is 19.1. The Morgan fingerprint density at radius 1 is 1.00 bits per heavy atom. The number of ether oxygens (including phenoxy) is 1. The minimum absolute atomic E-state index is 0.231. The molecule has 4 rings (SSSR count). The SMILES string of the molecule is O=C1N[C@@H](c2cncc(-c3ccccn3)c2)[C@H](c2cc(F)cc(F)c2)O1. The normalized spacial score (nSPS) is 19.1. The maximum absolute atomic E-state index is 13.6. The van der Waals surface area contributed by atoms with Gasteiger partial charge in [0.25, 0.3) is 0 Å². The van der Waals surface area contributed by atoms with E-state index < -0.39 is 29.9 Å². The first-order chi connectivity index (χ1) is 12.6. The molecule has 26 heavy (non-hydrogen) atoms. The standard InChI is InChI=1S/C19H13F2N3O2/c20-14-6-11(7-15(21)8-14)18-17(24-19(25)26-18)13-5-12(9-22-10-13)16-3-1-2-4-23-16/h1-10,17-18H,(H,24,25)/t17-,18-/m0/s1. The molecule has 1 aromatic carbocycles. The molecule has 0 aliphatic carbocycles. The third-order valence-corrected chi connectivity index (χ3v) is 4.10. The Morgan fingerprint density at radius 2 is 1.81 bits per heavy atom. The summed E-state index contributed by atoms with van der Waals surface area (Å²) >= 11 is 0. The summed E-state index contributed by atoms with van der Waals surface area (Å²) in [5.41, 5.74) is 2.36. The van der Waals surface area contributed by atoms with Crippen molar-refractivity contribution in [3.05, 3.63) is 83.8 Å². The van der Waals surface area contributed by atoms with Gasteiger partial charge >= 0.3 is 6.09 Å². The van der Waals surface area contributed by atoms with Crippen molar-refractivity contribution in [1.29, 1.82) is 0 Å². The predicted octanol–water partition coefficient (Wildman–Crippen LogP) is 3.94. The lowest BCUT2D eigenvalue weighted by Crippen LogP contribution is -2.20. The third kappa shape index (κ3) is 3.11. The van der Waals surface area contributed by atoms with Gasteiger partial charge in [-0.3, -0.25) is 9.97 Å².